The summed E-state index contributed by atoms with van der Waals surface area (Å²) in [6.07, 6.45) is 1.52. The maximum Gasteiger partial charge on any atom is 0.257 e. The molecule has 2 aromatic carbocycles. The lowest BCUT2D eigenvalue weighted by atomic mass is 9.97. The fourth-order valence-corrected chi connectivity index (χ4v) is 3.09. The molecule has 0 unspecified atom stereocenters. The number of carbonyl (C=O) groups is 2. The molecule has 0 bridgehead atoms. The monoisotopic (exact) mass is 435 g/mol. The Bertz CT molecular complexity index is 1120. The Balaban J connectivity index is 1.84. The molecule has 1 N–H and O–H groups in total. The molecule has 0 aliphatic rings. The third-order valence-electron chi connectivity index (χ3n) is 4.84. The van der Waals surface area contributed by atoms with Crippen molar-refractivity contribution in [1.82, 2.24) is 4.98 Å². The predicted octanol–water partition coefficient (Wildman–Crippen LogP) is 4.86. The molecular formula is C24H22ClN3O3. The number of halogens is 1. The number of anilines is 1. The van der Waals surface area contributed by atoms with Crippen molar-refractivity contribution in [2.45, 2.75) is 13.3 Å². The number of aromatic nitrogens is 1. The molecule has 3 aromatic rings. The van der Waals surface area contributed by atoms with Crippen LogP contribution in [0.15, 0.2) is 65.8 Å². The lowest BCUT2D eigenvalue weighted by Crippen LogP contribution is -2.17. The molecule has 1 aromatic heterocycles. The van der Waals surface area contributed by atoms with Crippen molar-refractivity contribution in [1.29, 1.82) is 0 Å². The van der Waals surface area contributed by atoms with Crippen molar-refractivity contribution in [3.8, 4) is 5.75 Å². The topological polar surface area (TPSA) is 80.6 Å². The van der Waals surface area contributed by atoms with Crippen LogP contribution in [0.5, 0.6) is 5.75 Å². The molecule has 6 nitrogen and oxygen atoms in total. The van der Waals surface area contributed by atoms with Gasteiger partial charge in [0.2, 0.25) is 0 Å². The predicted molar refractivity (Wildman–Crippen MR) is 123 cm³/mol. The number of nitrogens with one attached hydrogen (secondary N) is 1. The van der Waals surface area contributed by atoms with Crippen LogP contribution in [0.3, 0.4) is 0 Å². The van der Waals surface area contributed by atoms with E-state index >= 15 is 0 Å². The number of amides is 1. The summed E-state index contributed by atoms with van der Waals surface area (Å²) >= 11 is 5.85. The molecule has 31 heavy (non-hydrogen) atoms. The van der Waals surface area contributed by atoms with Crippen LogP contribution in [-0.2, 0) is 6.42 Å². The van der Waals surface area contributed by atoms with Crippen molar-refractivity contribution < 1.29 is 14.3 Å². The van der Waals surface area contributed by atoms with Crippen LogP contribution >= 0.6 is 11.6 Å². The van der Waals surface area contributed by atoms with Crippen LogP contribution in [-0.4, -0.2) is 36.5 Å². The van der Waals surface area contributed by atoms with E-state index in [2.05, 4.69) is 15.3 Å². The summed E-state index contributed by atoms with van der Waals surface area (Å²) in [7, 11) is 3.25. The summed E-state index contributed by atoms with van der Waals surface area (Å²) in [6, 6.07) is 15.6. The van der Waals surface area contributed by atoms with Gasteiger partial charge in [-0.25, -0.2) is 4.98 Å². The summed E-state index contributed by atoms with van der Waals surface area (Å²) in [5.74, 6) is 0.394. The average Bonchev–Trinajstić information content (AvgIpc) is 2.80. The fraction of sp³-hybridized carbons (Fsp3) is 0.167. The first kappa shape index (κ1) is 22.2. The molecular weight excluding hydrogens is 414 g/mol. The Morgan fingerprint density at radius 1 is 1.06 bits per heavy atom. The van der Waals surface area contributed by atoms with Gasteiger partial charge in [-0.15, -0.1) is 0 Å². The van der Waals surface area contributed by atoms with E-state index in [1.807, 2.05) is 19.1 Å². The first-order valence-corrected chi connectivity index (χ1v) is 9.96. The van der Waals surface area contributed by atoms with Crippen LogP contribution in [0.4, 0.5) is 5.82 Å². The normalized spacial score (nSPS) is 11.2. The molecule has 0 aliphatic heterocycles. The van der Waals surface area contributed by atoms with E-state index in [9.17, 15) is 9.59 Å². The second-order valence-corrected chi connectivity index (χ2v) is 7.26. The van der Waals surface area contributed by atoms with Crippen molar-refractivity contribution in [3.63, 3.8) is 0 Å². The Labute approximate surface area is 186 Å². The summed E-state index contributed by atoms with van der Waals surface area (Å²) in [5, 5.41) is 3.20. The second-order valence-electron chi connectivity index (χ2n) is 6.83. The SMILES string of the molecule is CN=C(C)c1ccc(C(=O)Cc2ccc(OC)cc2C(=O)Nc2ccc(Cl)cn2)cc1. The smallest absolute Gasteiger partial charge is 0.257 e. The number of Topliss-reactive ketones (excluding diaryl/α,β-unsaturated/α-hetero) is 1. The van der Waals surface area contributed by atoms with Crippen LogP contribution in [0.25, 0.3) is 0 Å². The Hall–Kier alpha value is -3.51. The first-order valence-electron chi connectivity index (χ1n) is 9.58. The van der Waals surface area contributed by atoms with Gasteiger partial charge in [0.05, 0.1) is 12.1 Å². The van der Waals surface area contributed by atoms with E-state index in [4.69, 9.17) is 16.3 Å². The lowest BCUT2D eigenvalue weighted by Gasteiger charge is -2.12. The minimum absolute atomic E-state index is 0.0704. The van der Waals surface area contributed by atoms with Crippen molar-refractivity contribution in [3.05, 3.63) is 88.1 Å². The van der Waals surface area contributed by atoms with E-state index in [-0.39, 0.29) is 18.1 Å². The highest BCUT2D eigenvalue weighted by molar-refractivity contribution is 6.30. The van der Waals surface area contributed by atoms with E-state index in [1.165, 1.54) is 13.3 Å². The fourth-order valence-electron chi connectivity index (χ4n) is 2.98. The van der Waals surface area contributed by atoms with Crippen molar-refractivity contribution in [2.24, 2.45) is 4.99 Å². The Morgan fingerprint density at radius 3 is 2.39 bits per heavy atom. The summed E-state index contributed by atoms with van der Waals surface area (Å²) in [4.78, 5) is 34.0. The maximum absolute atomic E-state index is 12.9. The molecule has 0 radical (unpaired) electrons. The molecule has 158 valence electrons. The molecule has 1 heterocycles. The number of pyridine rings is 1. The zero-order valence-corrected chi connectivity index (χ0v) is 18.2. The number of benzene rings is 2. The zero-order valence-electron chi connectivity index (χ0n) is 17.5. The third kappa shape index (κ3) is 5.55. The molecule has 1 amide bonds. The number of carbonyl (C=O) groups excluding carboxylic acids is 2. The Kier molecular flexibility index (Phi) is 7.15. The molecule has 0 fully saturated rings. The standard InChI is InChI=1S/C24H22ClN3O3/c1-15(26-2)16-4-6-17(7-5-16)22(29)12-18-8-10-20(31-3)13-21(18)24(30)28-23-11-9-19(25)14-27-23/h4-11,13-14H,12H2,1-3H3,(H,27,28,30). The second kappa shape index (κ2) is 10.00. The van der Waals surface area contributed by atoms with Crippen molar-refractivity contribution in [2.75, 3.05) is 19.5 Å². The Morgan fingerprint density at radius 2 is 1.77 bits per heavy atom. The van der Waals surface area contributed by atoms with E-state index in [0.29, 0.717) is 33.3 Å². The van der Waals surface area contributed by atoms with Gasteiger partial charge in [-0.1, -0.05) is 41.9 Å². The third-order valence-corrected chi connectivity index (χ3v) is 5.07. The molecule has 0 saturated carbocycles. The number of nitrogens with zero attached hydrogens (tertiary/aromatic N) is 2. The molecule has 0 saturated heterocycles. The van der Waals surface area contributed by atoms with Gasteiger partial charge in [-0.3, -0.25) is 14.6 Å². The summed E-state index contributed by atoms with van der Waals surface area (Å²) in [5.41, 5.74) is 3.35. The van der Waals surface area contributed by atoms with Crippen LogP contribution in [0.2, 0.25) is 5.02 Å². The van der Waals surface area contributed by atoms with Crippen LogP contribution in [0, 0.1) is 0 Å². The average molecular weight is 436 g/mol. The molecule has 3 rings (SSSR count). The van der Waals surface area contributed by atoms with Gasteiger partial charge in [-0.2, -0.15) is 0 Å². The number of hydrogen-bond acceptors (Lipinski definition) is 5. The highest BCUT2D eigenvalue weighted by Gasteiger charge is 2.17. The molecule has 7 heteroatoms. The van der Waals surface area contributed by atoms with Crippen molar-refractivity contribution >= 4 is 34.8 Å². The number of methoxy groups -OCH3 is 1. The molecule has 0 aliphatic carbocycles. The number of aliphatic imine (C=N–C) groups is 1. The molecule has 0 spiro atoms. The first-order chi connectivity index (χ1) is 14.9. The summed E-state index contributed by atoms with van der Waals surface area (Å²) < 4.78 is 5.25. The van der Waals surface area contributed by atoms with E-state index in [1.54, 1.807) is 49.5 Å². The van der Waals surface area contributed by atoms with E-state index in [0.717, 1.165) is 11.3 Å². The number of ketones is 1. The van der Waals surface area contributed by atoms with Gasteiger partial charge < -0.3 is 10.1 Å². The van der Waals surface area contributed by atoms with Crippen LogP contribution < -0.4 is 10.1 Å². The lowest BCUT2D eigenvalue weighted by molar-refractivity contribution is 0.0992. The highest BCUT2D eigenvalue weighted by Crippen LogP contribution is 2.21. The van der Waals surface area contributed by atoms with Gasteiger partial charge in [-0.05, 0) is 42.3 Å². The summed E-state index contributed by atoms with van der Waals surface area (Å²) in [6.45, 7) is 1.91. The minimum Gasteiger partial charge on any atom is -0.497 e. The highest BCUT2D eigenvalue weighted by atomic mass is 35.5. The van der Waals surface area contributed by atoms with Gasteiger partial charge in [0.25, 0.3) is 5.91 Å². The zero-order chi connectivity index (χ0) is 22.4. The molecule has 0 atom stereocenters. The van der Waals surface area contributed by atoms with Crippen LogP contribution in [0.1, 0.15) is 38.8 Å². The van der Waals surface area contributed by atoms with Gasteiger partial charge in [0, 0.05) is 36.5 Å². The number of hydrogen-bond donors (Lipinski definition) is 1. The van der Waals surface area contributed by atoms with Gasteiger partial charge >= 0.3 is 0 Å². The van der Waals surface area contributed by atoms with Gasteiger partial charge in [0.1, 0.15) is 11.6 Å². The minimum atomic E-state index is -0.387. The van der Waals surface area contributed by atoms with Gasteiger partial charge in [0.15, 0.2) is 5.78 Å². The number of rotatable bonds is 7. The maximum atomic E-state index is 12.9. The van der Waals surface area contributed by atoms with E-state index < -0.39 is 0 Å². The number of ether oxygens (including phenoxy) is 1. The quantitative estimate of drug-likeness (QED) is 0.424. The largest absolute Gasteiger partial charge is 0.497 e.